The average molecular weight is 340 g/mol. The van der Waals surface area contributed by atoms with Gasteiger partial charge in [0, 0.05) is 12.8 Å². The summed E-state index contributed by atoms with van der Waals surface area (Å²) in [5, 5.41) is 5.32. The van der Waals surface area contributed by atoms with Gasteiger partial charge in [-0.3, -0.25) is 4.79 Å². The molecule has 1 fully saturated rings. The molecule has 2 aliphatic heterocycles. The Morgan fingerprint density at radius 1 is 1.17 bits per heavy atom. The molecular weight excluding hydrogens is 314 g/mol. The zero-order valence-corrected chi connectivity index (χ0v) is 14.3. The molecule has 2 heterocycles. The SMILES string of the molecule is CCOC(=O)C1=C(C[NH+]2CCC(C(=O)OCC)CC2)NC(=O)NC1. The molecule has 0 saturated carbocycles. The Labute approximate surface area is 141 Å². The molecule has 1 saturated heterocycles. The normalized spacial score (nSPS) is 24.0. The standard InChI is InChI=1S/C16H25N3O5/c1-3-23-14(20)11-5-7-19(8-6-11)10-13-12(15(21)24-4-2)9-17-16(22)18-13/h11H,3-10H2,1-2H3,(H2,17,18,22)/p+1. The molecule has 0 aromatic heterocycles. The van der Waals surface area contributed by atoms with Crippen molar-refractivity contribution in [2.75, 3.05) is 39.4 Å². The minimum Gasteiger partial charge on any atom is -0.466 e. The zero-order valence-electron chi connectivity index (χ0n) is 14.3. The summed E-state index contributed by atoms with van der Waals surface area (Å²) in [7, 11) is 0. The van der Waals surface area contributed by atoms with E-state index in [-0.39, 0.29) is 24.5 Å². The molecule has 8 heteroatoms. The molecule has 24 heavy (non-hydrogen) atoms. The summed E-state index contributed by atoms with van der Waals surface area (Å²) < 4.78 is 10.1. The molecule has 0 aliphatic carbocycles. The number of esters is 2. The van der Waals surface area contributed by atoms with E-state index in [4.69, 9.17) is 9.47 Å². The predicted octanol–water partition coefficient (Wildman–Crippen LogP) is -1.03. The first-order valence-electron chi connectivity index (χ1n) is 8.49. The summed E-state index contributed by atoms with van der Waals surface area (Å²) in [4.78, 5) is 36.6. The number of quaternary nitrogens is 1. The molecule has 0 spiro atoms. The van der Waals surface area contributed by atoms with Crippen LogP contribution in [0, 0.1) is 5.92 Å². The fourth-order valence-electron chi connectivity index (χ4n) is 3.05. The van der Waals surface area contributed by atoms with E-state index < -0.39 is 5.97 Å². The van der Waals surface area contributed by atoms with Crippen LogP contribution >= 0.6 is 0 Å². The van der Waals surface area contributed by atoms with Gasteiger partial charge in [0.1, 0.15) is 6.54 Å². The number of ether oxygens (including phenoxy) is 2. The van der Waals surface area contributed by atoms with E-state index in [1.807, 2.05) is 6.92 Å². The van der Waals surface area contributed by atoms with Gasteiger partial charge in [0.2, 0.25) is 0 Å². The Morgan fingerprint density at radius 3 is 2.46 bits per heavy atom. The molecule has 3 N–H and O–H groups in total. The molecule has 0 bridgehead atoms. The van der Waals surface area contributed by atoms with Crippen LogP contribution in [-0.2, 0) is 19.1 Å². The van der Waals surface area contributed by atoms with Gasteiger partial charge in [0.05, 0.1) is 50.0 Å². The number of rotatable bonds is 6. The fraction of sp³-hybridized carbons (Fsp3) is 0.688. The molecule has 134 valence electrons. The molecular formula is C16H26N3O5+. The summed E-state index contributed by atoms with van der Waals surface area (Å²) >= 11 is 0. The van der Waals surface area contributed by atoms with Crippen molar-refractivity contribution in [1.82, 2.24) is 10.6 Å². The predicted molar refractivity (Wildman–Crippen MR) is 85.1 cm³/mol. The van der Waals surface area contributed by atoms with Crippen LogP contribution < -0.4 is 15.5 Å². The van der Waals surface area contributed by atoms with Crippen molar-refractivity contribution in [3.8, 4) is 0 Å². The maximum absolute atomic E-state index is 12.0. The monoisotopic (exact) mass is 340 g/mol. The summed E-state index contributed by atoms with van der Waals surface area (Å²) in [5.74, 6) is -0.575. The highest BCUT2D eigenvalue weighted by molar-refractivity contribution is 5.93. The van der Waals surface area contributed by atoms with Crippen LogP contribution in [0.4, 0.5) is 4.79 Å². The highest BCUT2D eigenvalue weighted by atomic mass is 16.5. The Hall–Kier alpha value is -2.09. The van der Waals surface area contributed by atoms with Crippen LogP contribution in [-0.4, -0.2) is 57.4 Å². The van der Waals surface area contributed by atoms with Crippen LogP contribution in [0.15, 0.2) is 11.3 Å². The van der Waals surface area contributed by atoms with Crippen molar-refractivity contribution < 1.29 is 28.8 Å². The maximum atomic E-state index is 12.0. The molecule has 2 aliphatic rings. The second-order valence-corrected chi connectivity index (χ2v) is 5.94. The van der Waals surface area contributed by atoms with Crippen molar-refractivity contribution in [2.45, 2.75) is 26.7 Å². The minimum absolute atomic E-state index is 0.0465. The van der Waals surface area contributed by atoms with Crippen LogP contribution in [0.3, 0.4) is 0 Å². The summed E-state index contributed by atoms with van der Waals surface area (Å²) in [5.41, 5.74) is 1.08. The smallest absolute Gasteiger partial charge is 0.337 e. The number of amides is 2. The number of hydrogen-bond acceptors (Lipinski definition) is 5. The van der Waals surface area contributed by atoms with E-state index in [9.17, 15) is 14.4 Å². The van der Waals surface area contributed by atoms with Gasteiger partial charge in [-0.1, -0.05) is 0 Å². The molecule has 0 radical (unpaired) electrons. The average Bonchev–Trinajstić information content (AvgIpc) is 2.56. The van der Waals surface area contributed by atoms with Crippen molar-refractivity contribution in [1.29, 1.82) is 0 Å². The van der Waals surface area contributed by atoms with Crippen molar-refractivity contribution in [3.05, 3.63) is 11.3 Å². The van der Waals surface area contributed by atoms with Crippen molar-refractivity contribution in [2.24, 2.45) is 5.92 Å². The number of likely N-dealkylation sites (tertiary alicyclic amines) is 1. The lowest BCUT2D eigenvalue weighted by atomic mass is 9.96. The molecule has 0 unspecified atom stereocenters. The van der Waals surface area contributed by atoms with E-state index in [1.165, 1.54) is 4.90 Å². The van der Waals surface area contributed by atoms with Crippen LogP contribution in [0.25, 0.3) is 0 Å². The van der Waals surface area contributed by atoms with Crippen LogP contribution in [0.2, 0.25) is 0 Å². The van der Waals surface area contributed by atoms with Gasteiger partial charge >= 0.3 is 18.0 Å². The second-order valence-electron chi connectivity index (χ2n) is 5.94. The summed E-state index contributed by atoms with van der Waals surface area (Å²) in [6.45, 7) is 6.57. The number of carbonyl (C=O) groups excluding carboxylic acids is 3. The number of carbonyl (C=O) groups is 3. The third-order valence-corrected chi connectivity index (χ3v) is 4.32. The fourth-order valence-corrected chi connectivity index (χ4v) is 3.05. The molecule has 2 amide bonds. The number of hydrogen-bond donors (Lipinski definition) is 3. The first-order chi connectivity index (χ1) is 11.5. The Bertz CT molecular complexity index is 524. The Morgan fingerprint density at radius 2 is 1.83 bits per heavy atom. The number of urea groups is 1. The molecule has 0 aromatic rings. The zero-order chi connectivity index (χ0) is 17.5. The lowest BCUT2D eigenvalue weighted by molar-refractivity contribution is -0.901. The van der Waals surface area contributed by atoms with E-state index in [1.54, 1.807) is 6.92 Å². The topological polar surface area (TPSA) is 98.2 Å². The molecule has 2 rings (SSSR count). The van der Waals surface area contributed by atoms with Gasteiger partial charge < -0.3 is 25.0 Å². The van der Waals surface area contributed by atoms with Gasteiger partial charge in [-0.25, -0.2) is 9.59 Å². The van der Waals surface area contributed by atoms with Gasteiger partial charge in [0.25, 0.3) is 0 Å². The second kappa shape index (κ2) is 8.68. The van der Waals surface area contributed by atoms with Gasteiger partial charge in [0.15, 0.2) is 0 Å². The lowest BCUT2D eigenvalue weighted by Gasteiger charge is -2.30. The third-order valence-electron chi connectivity index (χ3n) is 4.32. The summed E-state index contributed by atoms with van der Waals surface area (Å²) in [6, 6.07) is -0.307. The molecule has 8 nitrogen and oxygen atoms in total. The van der Waals surface area contributed by atoms with Gasteiger partial charge in [-0.2, -0.15) is 0 Å². The molecule has 0 aromatic carbocycles. The quantitative estimate of drug-likeness (QED) is 0.538. The van der Waals surface area contributed by atoms with E-state index in [2.05, 4.69) is 10.6 Å². The van der Waals surface area contributed by atoms with E-state index in [0.29, 0.717) is 31.0 Å². The van der Waals surface area contributed by atoms with Gasteiger partial charge in [-0.15, -0.1) is 0 Å². The van der Waals surface area contributed by atoms with Crippen molar-refractivity contribution >= 4 is 18.0 Å². The van der Waals surface area contributed by atoms with Crippen molar-refractivity contribution in [3.63, 3.8) is 0 Å². The largest absolute Gasteiger partial charge is 0.466 e. The first-order valence-corrected chi connectivity index (χ1v) is 8.49. The Balaban J connectivity index is 1.96. The van der Waals surface area contributed by atoms with Crippen LogP contribution in [0.5, 0.6) is 0 Å². The van der Waals surface area contributed by atoms with Gasteiger partial charge in [-0.05, 0) is 13.8 Å². The summed E-state index contributed by atoms with van der Waals surface area (Å²) in [6.07, 6.45) is 1.50. The van der Waals surface area contributed by atoms with E-state index in [0.717, 1.165) is 25.9 Å². The maximum Gasteiger partial charge on any atom is 0.337 e. The van der Waals surface area contributed by atoms with Crippen LogP contribution in [0.1, 0.15) is 26.7 Å². The lowest BCUT2D eigenvalue weighted by Crippen LogP contribution is -3.13. The highest BCUT2D eigenvalue weighted by Crippen LogP contribution is 2.12. The Kier molecular flexibility index (Phi) is 6.60. The number of piperidine rings is 1. The molecule has 0 atom stereocenters. The number of nitrogens with one attached hydrogen (secondary N) is 3. The third kappa shape index (κ3) is 4.70. The first kappa shape index (κ1) is 18.3. The minimum atomic E-state index is -0.402. The van der Waals surface area contributed by atoms with E-state index >= 15 is 0 Å². The highest BCUT2D eigenvalue weighted by Gasteiger charge is 2.31.